The Morgan fingerprint density at radius 3 is 2.86 bits per heavy atom. The first-order valence-corrected chi connectivity index (χ1v) is 6.22. The SMILES string of the molecule is CC1OCCC1NC1CCC[C@H]2C[C@@H]12. The van der Waals surface area contributed by atoms with E-state index in [1.54, 1.807) is 0 Å². The molecule has 0 spiro atoms. The largest absolute Gasteiger partial charge is 0.377 e. The van der Waals surface area contributed by atoms with Crippen molar-refractivity contribution in [3.05, 3.63) is 0 Å². The Morgan fingerprint density at radius 2 is 2.07 bits per heavy atom. The highest BCUT2D eigenvalue weighted by molar-refractivity contribution is 5.00. The van der Waals surface area contributed by atoms with E-state index >= 15 is 0 Å². The number of hydrogen-bond donors (Lipinski definition) is 1. The zero-order chi connectivity index (χ0) is 9.54. The second-order valence-electron chi connectivity index (χ2n) is 5.33. The third-order valence-corrected chi connectivity index (χ3v) is 4.39. The van der Waals surface area contributed by atoms with E-state index in [9.17, 15) is 0 Å². The highest BCUT2D eigenvalue weighted by Gasteiger charge is 2.46. The number of rotatable bonds is 2. The lowest BCUT2D eigenvalue weighted by Gasteiger charge is -2.27. The number of nitrogens with one attached hydrogen (secondary N) is 1. The van der Waals surface area contributed by atoms with Gasteiger partial charge in [0.05, 0.1) is 6.10 Å². The van der Waals surface area contributed by atoms with Gasteiger partial charge in [-0.25, -0.2) is 0 Å². The van der Waals surface area contributed by atoms with E-state index in [1.165, 1.54) is 32.1 Å². The van der Waals surface area contributed by atoms with Gasteiger partial charge in [-0.3, -0.25) is 0 Å². The van der Waals surface area contributed by atoms with Crippen molar-refractivity contribution in [1.29, 1.82) is 0 Å². The van der Waals surface area contributed by atoms with Crippen molar-refractivity contribution in [2.75, 3.05) is 6.61 Å². The molecular weight excluding hydrogens is 174 g/mol. The van der Waals surface area contributed by atoms with Crippen molar-refractivity contribution in [2.24, 2.45) is 11.8 Å². The van der Waals surface area contributed by atoms with Crippen LogP contribution in [0.5, 0.6) is 0 Å². The molecule has 14 heavy (non-hydrogen) atoms. The number of fused-ring (bicyclic) bond motifs is 1. The Balaban J connectivity index is 1.56. The van der Waals surface area contributed by atoms with Gasteiger partial charge in [-0.2, -0.15) is 0 Å². The van der Waals surface area contributed by atoms with Crippen molar-refractivity contribution in [3.63, 3.8) is 0 Å². The monoisotopic (exact) mass is 195 g/mol. The van der Waals surface area contributed by atoms with Crippen LogP contribution in [0.15, 0.2) is 0 Å². The molecule has 3 fully saturated rings. The molecule has 3 rings (SSSR count). The van der Waals surface area contributed by atoms with Gasteiger partial charge in [-0.1, -0.05) is 12.8 Å². The zero-order valence-corrected chi connectivity index (χ0v) is 9.04. The number of ether oxygens (including phenoxy) is 1. The van der Waals surface area contributed by atoms with E-state index in [1.807, 2.05) is 0 Å². The van der Waals surface area contributed by atoms with Gasteiger partial charge in [-0.05, 0) is 38.0 Å². The summed E-state index contributed by atoms with van der Waals surface area (Å²) in [4.78, 5) is 0. The van der Waals surface area contributed by atoms with E-state index in [-0.39, 0.29) is 0 Å². The highest BCUT2D eigenvalue weighted by Crippen LogP contribution is 2.49. The van der Waals surface area contributed by atoms with E-state index < -0.39 is 0 Å². The van der Waals surface area contributed by atoms with Crippen LogP contribution in [0.2, 0.25) is 0 Å². The summed E-state index contributed by atoms with van der Waals surface area (Å²) in [6.45, 7) is 3.16. The molecule has 1 heterocycles. The fourth-order valence-corrected chi connectivity index (χ4v) is 3.34. The Morgan fingerprint density at radius 1 is 1.14 bits per heavy atom. The van der Waals surface area contributed by atoms with E-state index in [2.05, 4.69) is 12.2 Å². The van der Waals surface area contributed by atoms with Gasteiger partial charge in [0, 0.05) is 18.7 Å². The molecule has 2 saturated carbocycles. The van der Waals surface area contributed by atoms with Crippen molar-refractivity contribution in [3.8, 4) is 0 Å². The quantitative estimate of drug-likeness (QED) is 0.727. The van der Waals surface area contributed by atoms with E-state index in [4.69, 9.17) is 4.74 Å². The maximum Gasteiger partial charge on any atom is 0.0700 e. The minimum absolute atomic E-state index is 0.439. The molecule has 3 aliphatic rings. The van der Waals surface area contributed by atoms with Crippen molar-refractivity contribution in [2.45, 2.75) is 57.2 Å². The van der Waals surface area contributed by atoms with Crippen LogP contribution in [-0.2, 0) is 4.74 Å². The molecule has 0 radical (unpaired) electrons. The Labute approximate surface area is 86.4 Å². The molecule has 1 aliphatic heterocycles. The third-order valence-electron chi connectivity index (χ3n) is 4.39. The predicted molar refractivity (Wildman–Crippen MR) is 56.2 cm³/mol. The average Bonchev–Trinajstić information content (AvgIpc) is 2.87. The van der Waals surface area contributed by atoms with Gasteiger partial charge >= 0.3 is 0 Å². The first-order chi connectivity index (χ1) is 6.84. The van der Waals surface area contributed by atoms with Crippen LogP contribution in [0.3, 0.4) is 0 Å². The first-order valence-electron chi connectivity index (χ1n) is 6.22. The van der Waals surface area contributed by atoms with Crippen LogP contribution in [0.1, 0.15) is 39.0 Å². The van der Waals surface area contributed by atoms with E-state index in [0.717, 1.165) is 24.5 Å². The van der Waals surface area contributed by atoms with Crippen molar-refractivity contribution in [1.82, 2.24) is 5.32 Å². The molecule has 0 amide bonds. The molecule has 2 aliphatic carbocycles. The molecule has 0 aromatic heterocycles. The van der Waals surface area contributed by atoms with Gasteiger partial charge in [-0.15, -0.1) is 0 Å². The average molecular weight is 195 g/mol. The van der Waals surface area contributed by atoms with Crippen LogP contribution in [0.25, 0.3) is 0 Å². The third kappa shape index (κ3) is 1.59. The summed E-state index contributed by atoms with van der Waals surface area (Å²) >= 11 is 0. The highest BCUT2D eigenvalue weighted by atomic mass is 16.5. The summed E-state index contributed by atoms with van der Waals surface area (Å²) < 4.78 is 5.59. The second kappa shape index (κ2) is 3.49. The molecule has 1 N–H and O–H groups in total. The predicted octanol–water partition coefficient (Wildman–Crippen LogP) is 1.94. The molecule has 5 atom stereocenters. The fraction of sp³-hybridized carbons (Fsp3) is 1.00. The lowest BCUT2D eigenvalue weighted by Crippen LogP contribution is -2.44. The Hall–Kier alpha value is -0.0800. The normalized spacial score (nSPS) is 51.6. The van der Waals surface area contributed by atoms with Gasteiger partial charge in [0.15, 0.2) is 0 Å². The first kappa shape index (κ1) is 9.17. The molecule has 0 bridgehead atoms. The Kier molecular flexibility index (Phi) is 2.29. The topological polar surface area (TPSA) is 21.3 Å². The fourth-order valence-electron chi connectivity index (χ4n) is 3.34. The summed E-state index contributed by atoms with van der Waals surface area (Å²) in [5, 5.41) is 3.83. The van der Waals surface area contributed by atoms with E-state index in [0.29, 0.717) is 12.1 Å². The van der Waals surface area contributed by atoms with Gasteiger partial charge in [0.25, 0.3) is 0 Å². The molecule has 0 aromatic carbocycles. The maximum absolute atomic E-state index is 5.59. The summed E-state index contributed by atoms with van der Waals surface area (Å²) in [6, 6.07) is 1.46. The lowest BCUT2D eigenvalue weighted by atomic mass is 9.94. The van der Waals surface area contributed by atoms with Gasteiger partial charge < -0.3 is 10.1 Å². The second-order valence-corrected chi connectivity index (χ2v) is 5.33. The van der Waals surface area contributed by atoms with Crippen LogP contribution in [-0.4, -0.2) is 24.8 Å². The van der Waals surface area contributed by atoms with Crippen LogP contribution < -0.4 is 5.32 Å². The standard InChI is InChI=1S/C12H21NO/c1-8-11(5-6-14-8)13-12-4-2-3-9-7-10(9)12/h8-13H,2-7H2,1H3/t8?,9-,10+,11?,12?/m0/s1. The lowest BCUT2D eigenvalue weighted by molar-refractivity contribution is 0.108. The zero-order valence-electron chi connectivity index (χ0n) is 9.04. The minimum Gasteiger partial charge on any atom is -0.377 e. The molecule has 1 saturated heterocycles. The van der Waals surface area contributed by atoms with Gasteiger partial charge in [0.2, 0.25) is 0 Å². The summed E-state index contributed by atoms with van der Waals surface area (Å²) in [5.41, 5.74) is 0. The molecule has 2 nitrogen and oxygen atoms in total. The molecule has 80 valence electrons. The van der Waals surface area contributed by atoms with Crippen molar-refractivity contribution >= 4 is 0 Å². The molecule has 3 unspecified atom stereocenters. The smallest absolute Gasteiger partial charge is 0.0700 e. The number of hydrogen-bond acceptors (Lipinski definition) is 2. The summed E-state index contributed by atoms with van der Waals surface area (Å²) in [5.74, 6) is 2.11. The molecular formula is C12H21NO. The van der Waals surface area contributed by atoms with Crippen LogP contribution in [0.4, 0.5) is 0 Å². The maximum atomic E-state index is 5.59. The molecule has 2 heteroatoms. The van der Waals surface area contributed by atoms with Crippen LogP contribution >= 0.6 is 0 Å². The summed E-state index contributed by atoms with van der Waals surface area (Å²) in [7, 11) is 0. The van der Waals surface area contributed by atoms with Crippen molar-refractivity contribution < 1.29 is 4.74 Å². The minimum atomic E-state index is 0.439. The summed E-state index contributed by atoms with van der Waals surface area (Å²) in [6.07, 6.45) is 7.51. The Bertz CT molecular complexity index is 218. The van der Waals surface area contributed by atoms with Crippen LogP contribution in [0, 0.1) is 11.8 Å². The van der Waals surface area contributed by atoms with Gasteiger partial charge in [0.1, 0.15) is 0 Å². The molecule has 0 aromatic rings.